The number of hydrogen-bond acceptors (Lipinski definition) is 3. The molecule has 0 aliphatic carbocycles. The predicted molar refractivity (Wildman–Crippen MR) is 57.3 cm³/mol. The van der Waals surface area contributed by atoms with Gasteiger partial charge in [-0.1, -0.05) is 15.9 Å². The molecule has 3 nitrogen and oxygen atoms in total. The van der Waals surface area contributed by atoms with E-state index in [1.165, 1.54) is 0 Å². The predicted octanol–water partition coefficient (Wildman–Crippen LogP) is 2.88. The molecule has 1 atom stereocenters. The van der Waals surface area contributed by atoms with Gasteiger partial charge in [0.1, 0.15) is 6.10 Å². The van der Waals surface area contributed by atoms with Crippen molar-refractivity contribution in [2.45, 2.75) is 19.4 Å². The standard InChI is InChI=1S/C11H8BrNO2/c1-6-4-7(12)5-8-9(2-3-13)15-11(14)10(6)8/h4-5,9H,2H2,1H3. The zero-order chi connectivity index (χ0) is 11.0. The van der Waals surface area contributed by atoms with Crippen LogP contribution in [0.15, 0.2) is 16.6 Å². The van der Waals surface area contributed by atoms with Crippen molar-refractivity contribution in [3.05, 3.63) is 33.3 Å². The highest BCUT2D eigenvalue weighted by Crippen LogP contribution is 2.36. The Morgan fingerprint density at radius 1 is 1.60 bits per heavy atom. The second-order valence-electron chi connectivity index (χ2n) is 3.44. The number of carbonyl (C=O) groups is 1. The fourth-order valence-corrected chi connectivity index (χ4v) is 2.38. The van der Waals surface area contributed by atoms with E-state index in [1.54, 1.807) is 0 Å². The molecule has 1 heterocycles. The van der Waals surface area contributed by atoms with Crippen molar-refractivity contribution < 1.29 is 9.53 Å². The number of fused-ring (bicyclic) bond motifs is 1. The van der Waals surface area contributed by atoms with E-state index in [4.69, 9.17) is 10.00 Å². The zero-order valence-corrected chi connectivity index (χ0v) is 9.67. The number of esters is 1. The lowest BCUT2D eigenvalue weighted by Gasteiger charge is -2.05. The van der Waals surface area contributed by atoms with E-state index in [-0.39, 0.29) is 12.4 Å². The van der Waals surface area contributed by atoms with Crippen LogP contribution in [0.2, 0.25) is 0 Å². The summed E-state index contributed by atoms with van der Waals surface area (Å²) in [7, 11) is 0. The normalized spacial score (nSPS) is 18.2. The molecular weight excluding hydrogens is 258 g/mol. The Morgan fingerprint density at radius 3 is 3.00 bits per heavy atom. The first-order valence-corrected chi connectivity index (χ1v) is 5.30. The van der Waals surface area contributed by atoms with Gasteiger partial charge in [0.05, 0.1) is 18.1 Å². The Balaban J connectivity index is 2.56. The fraction of sp³-hybridized carbons (Fsp3) is 0.273. The second-order valence-corrected chi connectivity index (χ2v) is 4.36. The Hall–Kier alpha value is -1.34. The Kier molecular flexibility index (Phi) is 2.49. The van der Waals surface area contributed by atoms with E-state index < -0.39 is 6.10 Å². The average Bonchev–Trinajstić information content (AvgIpc) is 2.43. The van der Waals surface area contributed by atoms with E-state index in [1.807, 2.05) is 25.1 Å². The maximum absolute atomic E-state index is 11.5. The number of nitriles is 1. The van der Waals surface area contributed by atoms with Crippen LogP contribution in [0.3, 0.4) is 0 Å². The van der Waals surface area contributed by atoms with Gasteiger partial charge in [0.15, 0.2) is 0 Å². The van der Waals surface area contributed by atoms with Gasteiger partial charge in [0.25, 0.3) is 0 Å². The van der Waals surface area contributed by atoms with Crippen LogP contribution in [0, 0.1) is 18.3 Å². The van der Waals surface area contributed by atoms with E-state index in [0.717, 1.165) is 15.6 Å². The smallest absolute Gasteiger partial charge is 0.339 e. The summed E-state index contributed by atoms with van der Waals surface area (Å²) in [4.78, 5) is 11.5. The lowest BCUT2D eigenvalue weighted by atomic mass is 9.99. The summed E-state index contributed by atoms with van der Waals surface area (Å²) in [5, 5.41) is 8.62. The van der Waals surface area contributed by atoms with Crippen LogP contribution in [0.5, 0.6) is 0 Å². The van der Waals surface area contributed by atoms with Gasteiger partial charge in [-0.3, -0.25) is 0 Å². The molecule has 15 heavy (non-hydrogen) atoms. The van der Waals surface area contributed by atoms with Gasteiger partial charge < -0.3 is 4.74 Å². The maximum atomic E-state index is 11.5. The van der Waals surface area contributed by atoms with Crippen molar-refractivity contribution in [3.63, 3.8) is 0 Å². The molecule has 0 saturated heterocycles. The van der Waals surface area contributed by atoms with Crippen LogP contribution in [-0.4, -0.2) is 5.97 Å². The highest BCUT2D eigenvalue weighted by atomic mass is 79.9. The third kappa shape index (κ3) is 1.64. The van der Waals surface area contributed by atoms with Gasteiger partial charge >= 0.3 is 5.97 Å². The van der Waals surface area contributed by atoms with Crippen LogP contribution >= 0.6 is 15.9 Å². The molecule has 76 valence electrons. The van der Waals surface area contributed by atoms with Gasteiger partial charge in [-0.05, 0) is 24.6 Å². The molecule has 0 saturated carbocycles. The van der Waals surface area contributed by atoms with Gasteiger partial charge in [0, 0.05) is 10.0 Å². The van der Waals surface area contributed by atoms with Crippen molar-refractivity contribution in [2.24, 2.45) is 0 Å². The molecule has 2 rings (SSSR count). The molecule has 1 aliphatic rings. The fourth-order valence-electron chi connectivity index (χ4n) is 1.79. The topological polar surface area (TPSA) is 50.1 Å². The largest absolute Gasteiger partial charge is 0.453 e. The summed E-state index contributed by atoms with van der Waals surface area (Å²) < 4.78 is 6.03. The van der Waals surface area contributed by atoms with Gasteiger partial charge in [-0.25, -0.2) is 4.79 Å². The highest BCUT2D eigenvalue weighted by Gasteiger charge is 2.32. The third-order valence-electron chi connectivity index (χ3n) is 2.41. The van der Waals surface area contributed by atoms with Crippen LogP contribution in [-0.2, 0) is 4.74 Å². The monoisotopic (exact) mass is 265 g/mol. The lowest BCUT2D eigenvalue weighted by Crippen LogP contribution is -1.97. The van der Waals surface area contributed by atoms with Crippen LogP contribution in [0.1, 0.15) is 34.0 Å². The molecule has 0 aromatic heterocycles. The third-order valence-corrected chi connectivity index (χ3v) is 2.87. The molecule has 0 radical (unpaired) electrons. The molecule has 1 aliphatic heterocycles. The van der Waals surface area contributed by atoms with Gasteiger partial charge in [0.2, 0.25) is 0 Å². The number of halogens is 1. The zero-order valence-electron chi connectivity index (χ0n) is 8.08. The number of ether oxygens (including phenoxy) is 1. The summed E-state index contributed by atoms with van der Waals surface area (Å²) in [5.74, 6) is -0.324. The molecule has 0 amide bonds. The first-order valence-electron chi connectivity index (χ1n) is 4.51. The summed E-state index contributed by atoms with van der Waals surface area (Å²) in [6.45, 7) is 1.86. The molecule has 0 bridgehead atoms. The molecule has 4 heteroatoms. The van der Waals surface area contributed by atoms with Crippen LogP contribution in [0.4, 0.5) is 0 Å². The highest BCUT2D eigenvalue weighted by molar-refractivity contribution is 9.10. The van der Waals surface area contributed by atoms with E-state index in [2.05, 4.69) is 15.9 Å². The number of cyclic esters (lactones) is 1. The Morgan fingerprint density at radius 2 is 2.33 bits per heavy atom. The molecule has 0 fully saturated rings. The number of benzene rings is 1. The minimum atomic E-state index is -0.409. The molecule has 1 aromatic rings. The van der Waals surface area contributed by atoms with Crippen LogP contribution < -0.4 is 0 Å². The van der Waals surface area contributed by atoms with E-state index >= 15 is 0 Å². The minimum Gasteiger partial charge on any atom is -0.453 e. The van der Waals surface area contributed by atoms with Gasteiger partial charge in [-0.15, -0.1) is 0 Å². The summed E-state index contributed by atoms with van der Waals surface area (Å²) in [5.41, 5.74) is 2.30. The number of nitrogens with zero attached hydrogens (tertiary/aromatic N) is 1. The number of hydrogen-bond donors (Lipinski definition) is 0. The average molecular weight is 266 g/mol. The van der Waals surface area contributed by atoms with Gasteiger partial charge in [-0.2, -0.15) is 5.26 Å². The summed E-state index contributed by atoms with van der Waals surface area (Å²) >= 11 is 3.36. The molecule has 1 unspecified atom stereocenters. The van der Waals surface area contributed by atoms with E-state index in [0.29, 0.717) is 5.56 Å². The molecular formula is C11H8BrNO2. The Bertz CT molecular complexity index is 476. The minimum absolute atomic E-state index is 0.203. The van der Waals surface area contributed by atoms with Crippen LogP contribution in [0.25, 0.3) is 0 Å². The Labute approximate surface area is 95.8 Å². The SMILES string of the molecule is Cc1cc(Br)cc2c1C(=O)OC2CC#N. The van der Waals surface area contributed by atoms with Crippen molar-refractivity contribution in [1.82, 2.24) is 0 Å². The van der Waals surface area contributed by atoms with Crippen molar-refractivity contribution in [3.8, 4) is 6.07 Å². The second kappa shape index (κ2) is 3.67. The number of rotatable bonds is 1. The van der Waals surface area contributed by atoms with Crippen molar-refractivity contribution >= 4 is 21.9 Å². The molecule has 0 spiro atoms. The van der Waals surface area contributed by atoms with Crippen molar-refractivity contribution in [2.75, 3.05) is 0 Å². The maximum Gasteiger partial charge on any atom is 0.339 e. The summed E-state index contributed by atoms with van der Waals surface area (Å²) in [6, 6.07) is 5.73. The van der Waals surface area contributed by atoms with E-state index in [9.17, 15) is 4.79 Å². The first kappa shape index (κ1) is 10.2. The molecule has 1 aromatic carbocycles. The quantitative estimate of drug-likeness (QED) is 0.734. The number of aryl methyl sites for hydroxylation is 1. The first-order chi connectivity index (χ1) is 7.13. The lowest BCUT2D eigenvalue weighted by molar-refractivity contribution is 0.0395. The molecule has 0 N–H and O–H groups in total. The van der Waals surface area contributed by atoms with Crippen molar-refractivity contribution in [1.29, 1.82) is 5.26 Å². The number of carbonyl (C=O) groups excluding carboxylic acids is 1. The summed E-state index contributed by atoms with van der Waals surface area (Å²) in [6.07, 6.45) is -0.206.